The van der Waals surface area contributed by atoms with E-state index in [1.54, 1.807) is 0 Å². The van der Waals surface area contributed by atoms with Crippen LogP contribution in [0.25, 0.3) is 0 Å². The lowest BCUT2D eigenvalue weighted by molar-refractivity contribution is -0.107. The summed E-state index contributed by atoms with van der Waals surface area (Å²) in [5.41, 5.74) is -5.88. The lowest BCUT2D eigenvalue weighted by atomic mass is 10.3. The van der Waals surface area contributed by atoms with Gasteiger partial charge in [0.1, 0.15) is 0 Å². The Kier molecular flexibility index (Phi) is 3.22. The SMILES string of the molecule is O=CN(c1ccccc1)S(=O)(=O)C(F)(F)F. The molecule has 0 aliphatic rings. The summed E-state index contributed by atoms with van der Waals surface area (Å²) in [4.78, 5) is 10.4. The molecule has 0 aromatic heterocycles. The van der Waals surface area contributed by atoms with Crippen LogP contribution in [0.5, 0.6) is 0 Å². The molecule has 1 aromatic rings. The zero-order chi connectivity index (χ0) is 12.4. The number of carbonyl (C=O) groups excluding carboxylic acids is 1. The van der Waals surface area contributed by atoms with E-state index in [0.717, 1.165) is 12.1 Å². The van der Waals surface area contributed by atoms with Crippen molar-refractivity contribution in [2.75, 3.05) is 4.31 Å². The number of amides is 1. The predicted molar refractivity (Wildman–Crippen MR) is 50.0 cm³/mol. The second-order valence-electron chi connectivity index (χ2n) is 2.69. The number of hydrogen-bond acceptors (Lipinski definition) is 3. The Balaban J connectivity index is 3.26. The van der Waals surface area contributed by atoms with Crippen LogP contribution in [0.2, 0.25) is 0 Å². The molecule has 0 atom stereocenters. The van der Waals surface area contributed by atoms with Gasteiger partial charge in [-0.1, -0.05) is 18.2 Å². The summed E-state index contributed by atoms with van der Waals surface area (Å²) in [7, 11) is -5.68. The molecule has 8 heteroatoms. The molecule has 0 radical (unpaired) electrons. The third-order valence-corrected chi connectivity index (χ3v) is 3.06. The van der Waals surface area contributed by atoms with Crippen LogP contribution in [0.3, 0.4) is 0 Å². The zero-order valence-electron chi connectivity index (χ0n) is 7.68. The molecule has 0 spiro atoms. The third kappa shape index (κ3) is 2.16. The number of carbonyl (C=O) groups is 1. The Hall–Kier alpha value is -1.57. The minimum Gasteiger partial charge on any atom is -0.277 e. The number of nitrogens with zero attached hydrogens (tertiary/aromatic N) is 1. The summed E-state index contributed by atoms with van der Waals surface area (Å²) >= 11 is 0. The fourth-order valence-corrected chi connectivity index (χ4v) is 1.68. The predicted octanol–water partition coefficient (Wildman–Crippen LogP) is 1.50. The normalized spacial score (nSPS) is 12.2. The van der Waals surface area contributed by atoms with Gasteiger partial charge in [0.05, 0.1) is 5.69 Å². The molecule has 0 aliphatic carbocycles. The van der Waals surface area contributed by atoms with Crippen molar-refractivity contribution in [2.45, 2.75) is 5.51 Å². The van der Waals surface area contributed by atoms with E-state index in [4.69, 9.17) is 0 Å². The van der Waals surface area contributed by atoms with E-state index >= 15 is 0 Å². The minimum absolute atomic E-state index is 0.354. The van der Waals surface area contributed by atoms with E-state index in [9.17, 15) is 26.4 Å². The second-order valence-corrected chi connectivity index (χ2v) is 4.49. The standard InChI is InChI=1S/C8H6F3NO3S/c9-8(10,11)16(14,15)12(6-13)7-4-2-1-3-5-7/h1-6H. The van der Waals surface area contributed by atoms with Gasteiger partial charge in [0.2, 0.25) is 6.41 Å². The van der Waals surface area contributed by atoms with Crippen molar-refractivity contribution in [1.29, 1.82) is 0 Å². The van der Waals surface area contributed by atoms with Gasteiger partial charge in [-0.05, 0) is 12.1 Å². The number of alkyl halides is 3. The van der Waals surface area contributed by atoms with Crippen LogP contribution in [0, 0.1) is 0 Å². The van der Waals surface area contributed by atoms with Crippen molar-refractivity contribution in [3.05, 3.63) is 30.3 Å². The van der Waals surface area contributed by atoms with Gasteiger partial charge < -0.3 is 0 Å². The maximum atomic E-state index is 12.2. The maximum absolute atomic E-state index is 12.2. The van der Waals surface area contributed by atoms with Gasteiger partial charge in [0.25, 0.3) is 0 Å². The first kappa shape index (κ1) is 12.5. The van der Waals surface area contributed by atoms with Crippen molar-refractivity contribution in [1.82, 2.24) is 0 Å². The molecule has 1 aromatic carbocycles. The van der Waals surface area contributed by atoms with Crippen LogP contribution in [-0.4, -0.2) is 20.3 Å². The maximum Gasteiger partial charge on any atom is 0.517 e. The Labute approximate surface area is 89.3 Å². The molecule has 0 unspecified atom stereocenters. The average molecular weight is 253 g/mol. The lowest BCUT2D eigenvalue weighted by Crippen LogP contribution is -2.39. The highest BCUT2D eigenvalue weighted by atomic mass is 32.2. The fraction of sp³-hybridized carbons (Fsp3) is 0.125. The summed E-state index contributed by atoms with van der Waals surface area (Å²) in [6.45, 7) is 0. The van der Waals surface area contributed by atoms with E-state index in [1.165, 1.54) is 18.2 Å². The highest BCUT2D eigenvalue weighted by Gasteiger charge is 2.50. The number of rotatable bonds is 3. The number of sulfonamides is 1. The molecule has 0 saturated heterocycles. The molecule has 4 nitrogen and oxygen atoms in total. The van der Waals surface area contributed by atoms with Gasteiger partial charge in [-0.25, -0.2) is 4.31 Å². The summed E-state index contributed by atoms with van der Waals surface area (Å²) in [6, 6.07) is 6.28. The van der Waals surface area contributed by atoms with Crippen LogP contribution < -0.4 is 4.31 Å². The molecule has 0 saturated carbocycles. The van der Waals surface area contributed by atoms with Crippen LogP contribution in [0.15, 0.2) is 30.3 Å². The summed E-state index contributed by atoms with van der Waals surface area (Å²) in [5.74, 6) is 0. The van der Waals surface area contributed by atoms with E-state index in [-0.39, 0.29) is 9.99 Å². The molecule has 0 heterocycles. The Morgan fingerprint density at radius 1 is 1.12 bits per heavy atom. The molecular formula is C8H6F3NO3S. The van der Waals surface area contributed by atoms with Gasteiger partial charge in [0.15, 0.2) is 0 Å². The van der Waals surface area contributed by atoms with E-state index < -0.39 is 21.9 Å². The molecule has 0 N–H and O–H groups in total. The van der Waals surface area contributed by atoms with Gasteiger partial charge in [0, 0.05) is 0 Å². The van der Waals surface area contributed by atoms with Crippen molar-refractivity contribution in [2.24, 2.45) is 0 Å². The first-order valence-corrected chi connectivity index (χ1v) is 5.36. The molecule has 16 heavy (non-hydrogen) atoms. The summed E-state index contributed by atoms with van der Waals surface area (Å²) in [5, 5.41) is 0. The van der Waals surface area contributed by atoms with Crippen LogP contribution >= 0.6 is 0 Å². The zero-order valence-corrected chi connectivity index (χ0v) is 8.49. The van der Waals surface area contributed by atoms with Crippen molar-refractivity contribution >= 4 is 22.1 Å². The quantitative estimate of drug-likeness (QED) is 0.767. The van der Waals surface area contributed by atoms with Gasteiger partial charge in [-0.15, -0.1) is 0 Å². The molecular weight excluding hydrogens is 247 g/mol. The summed E-state index contributed by atoms with van der Waals surface area (Å²) < 4.78 is 58.1. The second kappa shape index (κ2) is 4.12. The Morgan fingerprint density at radius 3 is 2.00 bits per heavy atom. The molecule has 0 fully saturated rings. The van der Waals surface area contributed by atoms with Crippen LogP contribution in [0.1, 0.15) is 0 Å². The number of para-hydroxylation sites is 1. The topological polar surface area (TPSA) is 54.5 Å². The van der Waals surface area contributed by atoms with Crippen LogP contribution in [0.4, 0.5) is 18.9 Å². The van der Waals surface area contributed by atoms with E-state index in [1.807, 2.05) is 0 Å². The number of halogens is 3. The average Bonchev–Trinajstić information content (AvgIpc) is 2.18. The highest BCUT2D eigenvalue weighted by molar-refractivity contribution is 7.94. The highest BCUT2D eigenvalue weighted by Crippen LogP contribution is 2.29. The Morgan fingerprint density at radius 2 is 1.62 bits per heavy atom. The number of benzene rings is 1. The fourth-order valence-electron chi connectivity index (χ4n) is 0.943. The largest absolute Gasteiger partial charge is 0.517 e. The minimum atomic E-state index is -5.68. The first-order valence-electron chi connectivity index (χ1n) is 3.92. The number of anilines is 1. The Bertz CT molecular complexity index is 469. The van der Waals surface area contributed by atoms with Crippen molar-refractivity contribution in [3.8, 4) is 0 Å². The van der Waals surface area contributed by atoms with Gasteiger partial charge in [-0.3, -0.25) is 4.79 Å². The lowest BCUT2D eigenvalue weighted by Gasteiger charge is -2.18. The first-order chi connectivity index (χ1) is 7.30. The van der Waals surface area contributed by atoms with Crippen LogP contribution in [-0.2, 0) is 14.8 Å². The van der Waals surface area contributed by atoms with E-state index in [2.05, 4.69) is 0 Å². The van der Waals surface area contributed by atoms with Gasteiger partial charge in [-0.2, -0.15) is 21.6 Å². The molecule has 1 rings (SSSR count). The number of hydrogen-bond donors (Lipinski definition) is 0. The molecule has 0 bridgehead atoms. The van der Waals surface area contributed by atoms with E-state index in [0.29, 0.717) is 0 Å². The van der Waals surface area contributed by atoms with Crippen molar-refractivity contribution < 1.29 is 26.4 Å². The molecule has 0 aliphatic heterocycles. The smallest absolute Gasteiger partial charge is 0.277 e. The van der Waals surface area contributed by atoms with Crippen molar-refractivity contribution in [3.63, 3.8) is 0 Å². The summed E-state index contributed by atoms with van der Waals surface area (Å²) in [6.07, 6.45) is -0.391. The molecule has 1 amide bonds. The third-order valence-electron chi connectivity index (χ3n) is 1.66. The van der Waals surface area contributed by atoms with Gasteiger partial charge >= 0.3 is 15.5 Å². The molecule has 88 valence electrons. The monoisotopic (exact) mass is 253 g/mol.